The van der Waals surface area contributed by atoms with Gasteiger partial charge in [-0.2, -0.15) is 0 Å². The molecule has 0 fully saturated rings. The Labute approximate surface area is 135 Å². The zero-order valence-electron chi connectivity index (χ0n) is 13.7. The van der Waals surface area contributed by atoms with Crippen molar-refractivity contribution in [3.63, 3.8) is 0 Å². The average Bonchev–Trinajstić information content (AvgIpc) is 2.97. The van der Waals surface area contributed by atoms with Gasteiger partial charge in [0, 0.05) is 42.6 Å². The van der Waals surface area contributed by atoms with Crippen LogP contribution < -0.4 is 5.32 Å². The lowest BCUT2D eigenvalue weighted by atomic mass is 9.98. The number of nitrogens with zero attached hydrogens (tertiary/aromatic N) is 2. The van der Waals surface area contributed by atoms with Crippen LogP contribution in [0.15, 0.2) is 16.8 Å². The summed E-state index contributed by atoms with van der Waals surface area (Å²) in [6.07, 6.45) is 1.91. The Balaban J connectivity index is 2.02. The third-order valence-corrected chi connectivity index (χ3v) is 5.62. The van der Waals surface area contributed by atoms with Gasteiger partial charge in [-0.15, -0.1) is 11.3 Å². The Bertz CT molecular complexity index is 665. The number of hydrogen-bond donors (Lipinski definition) is 1. The van der Waals surface area contributed by atoms with E-state index in [0.717, 1.165) is 48.9 Å². The maximum Gasteiger partial charge on any atom is 0.221 e. The molecule has 5 heteroatoms. The molecule has 1 amide bonds. The van der Waals surface area contributed by atoms with Crippen molar-refractivity contribution < 1.29 is 4.79 Å². The molecular formula is C17H23N3OS. The molecule has 0 atom stereocenters. The summed E-state index contributed by atoms with van der Waals surface area (Å²) < 4.78 is 0. The van der Waals surface area contributed by atoms with Gasteiger partial charge in [-0.05, 0) is 38.0 Å². The van der Waals surface area contributed by atoms with Gasteiger partial charge in [-0.1, -0.05) is 6.92 Å². The van der Waals surface area contributed by atoms with Crippen LogP contribution in [0.5, 0.6) is 0 Å². The highest BCUT2D eigenvalue weighted by atomic mass is 32.1. The van der Waals surface area contributed by atoms with Crippen LogP contribution >= 0.6 is 11.3 Å². The topological polar surface area (TPSA) is 45.2 Å². The van der Waals surface area contributed by atoms with E-state index >= 15 is 0 Å². The second kappa shape index (κ2) is 5.97. The highest BCUT2D eigenvalue weighted by molar-refractivity contribution is 7.12. The molecule has 2 aliphatic rings. The van der Waals surface area contributed by atoms with E-state index in [1.807, 2.05) is 0 Å². The molecule has 0 radical (unpaired) electrons. The highest BCUT2D eigenvalue weighted by Gasteiger charge is 2.31. The van der Waals surface area contributed by atoms with Crippen LogP contribution in [-0.2, 0) is 4.79 Å². The lowest BCUT2D eigenvalue weighted by Crippen LogP contribution is -2.30. The lowest BCUT2D eigenvalue weighted by Gasteiger charge is -2.27. The number of nitrogens with one attached hydrogen (secondary N) is 1. The van der Waals surface area contributed by atoms with Crippen LogP contribution in [0.25, 0.3) is 5.57 Å². The molecule has 0 unspecified atom stereocenters. The van der Waals surface area contributed by atoms with E-state index < -0.39 is 0 Å². The first-order chi connectivity index (χ1) is 10.5. The SMILES string of the molecule is CCN1CCC2=C(CC(NC(C)=O)=C2c2nc(C)c(C)s2)C1. The molecule has 0 aromatic carbocycles. The summed E-state index contributed by atoms with van der Waals surface area (Å²) in [5, 5.41) is 4.12. The van der Waals surface area contributed by atoms with Crippen molar-refractivity contribution in [2.75, 3.05) is 19.6 Å². The van der Waals surface area contributed by atoms with E-state index in [0.29, 0.717) is 0 Å². The molecule has 3 rings (SSSR count). The normalized spacial score (nSPS) is 18.9. The molecule has 1 aliphatic carbocycles. The molecule has 22 heavy (non-hydrogen) atoms. The first kappa shape index (κ1) is 15.4. The number of thiazole rings is 1. The predicted octanol–water partition coefficient (Wildman–Crippen LogP) is 3.03. The van der Waals surface area contributed by atoms with Gasteiger partial charge in [-0.3, -0.25) is 9.69 Å². The molecule has 0 spiro atoms. The first-order valence-corrected chi connectivity index (χ1v) is 8.70. The first-order valence-electron chi connectivity index (χ1n) is 7.88. The summed E-state index contributed by atoms with van der Waals surface area (Å²) in [7, 11) is 0. The second-order valence-corrected chi connectivity index (χ2v) is 7.28. The van der Waals surface area contributed by atoms with E-state index in [4.69, 9.17) is 4.98 Å². The molecule has 0 saturated heterocycles. The zero-order valence-corrected chi connectivity index (χ0v) is 14.6. The molecule has 2 heterocycles. The van der Waals surface area contributed by atoms with Crippen molar-refractivity contribution in [2.24, 2.45) is 0 Å². The number of carbonyl (C=O) groups is 1. The van der Waals surface area contributed by atoms with Crippen LogP contribution in [0.1, 0.15) is 42.3 Å². The van der Waals surface area contributed by atoms with Crippen molar-refractivity contribution in [1.29, 1.82) is 0 Å². The monoisotopic (exact) mass is 317 g/mol. The van der Waals surface area contributed by atoms with Gasteiger partial charge in [-0.25, -0.2) is 4.98 Å². The van der Waals surface area contributed by atoms with Crippen LogP contribution in [0.3, 0.4) is 0 Å². The minimum atomic E-state index is 0.00435. The number of likely N-dealkylation sites (N-methyl/N-ethyl adjacent to an activating group) is 1. The predicted molar refractivity (Wildman–Crippen MR) is 90.7 cm³/mol. The van der Waals surface area contributed by atoms with Crippen LogP contribution in [-0.4, -0.2) is 35.4 Å². The molecule has 4 nitrogen and oxygen atoms in total. The lowest BCUT2D eigenvalue weighted by molar-refractivity contribution is -0.118. The fourth-order valence-electron chi connectivity index (χ4n) is 3.27. The minimum absolute atomic E-state index is 0.00435. The minimum Gasteiger partial charge on any atom is -0.329 e. The molecule has 118 valence electrons. The molecule has 1 aromatic rings. The average molecular weight is 317 g/mol. The maximum atomic E-state index is 11.6. The van der Waals surface area contributed by atoms with Crippen molar-refractivity contribution in [1.82, 2.24) is 15.2 Å². The third-order valence-electron chi connectivity index (χ3n) is 4.53. The summed E-state index contributed by atoms with van der Waals surface area (Å²) in [5.74, 6) is 0.00435. The molecule has 1 N–H and O–H groups in total. The van der Waals surface area contributed by atoms with Gasteiger partial charge in [0.25, 0.3) is 0 Å². The highest BCUT2D eigenvalue weighted by Crippen LogP contribution is 2.43. The third kappa shape index (κ3) is 2.75. The van der Waals surface area contributed by atoms with E-state index in [2.05, 4.69) is 31.0 Å². The molecule has 0 saturated carbocycles. The summed E-state index contributed by atoms with van der Waals surface area (Å²) in [6.45, 7) is 11.1. The largest absolute Gasteiger partial charge is 0.329 e. The number of hydrogen-bond acceptors (Lipinski definition) is 4. The Hall–Kier alpha value is -1.46. The van der Waals surface area contributed by atoms with Crippen LogP contribution in [0.2, 0.25) is 0 Å². The van der Waals surface area contributed by atoms with Gasteiger partial charge in [0.1, 0.15) is 5.01 Å². The van der Waals surface area contributed by atoms with Crippen molar-refractivity contribution in [3.8, 4) is 0 Å². The summed E-state index contributed by atoms with van der Waals surface area (Å²) >= 11 is 1.74. The van der Waals surface area contributed by atoms with Crippen molar-refractivity contribution in [2.45, 2.75) is 40.5 Å². The van der Waals surface area contributed by atoms with E-state index in [1.54, 1.807) is 18.3 Å². The van der Waals surface area contributed by atoms with Gasteiger partial charge in [0.15, 0.2) is 0 Å². The number of aromatic nitrogens is 1. The number of amides is 1. The Morgan fingerprint density at radius 2 is 2.18 bits per heavy atom. The van der Waals surface area contributed by atoms with Crippen LogP contribution in [0, 0.1) is 13.8 Å². The van der Waals surface area contributed by atoms with Gasteiger partial charge >= 0.3 is 0 Å². The summed E-state index contributed by atoms with van der Waals surface area (Å²) in [6, 6.07) is 0. The van der Waals surface area contributed by atoms with E-state index in [-0.39, 0.29) is 5.91 Å². The Kier molecular flexibility index (Phi) is 4.19. The van der Waals surface area contributed by atoms with E-state index in [9.17, 15) is 4.79 Å². The van der Waals surface area contributed by atoms with Gasteiger partial charge in [0.05, 0.1) is 5.69 Å². The van der Waals surface area contributed by atoms with Crippen LogP contribution in [0.4, 0.5) is 0 Å². The number of aryl methyl sites for hydroxylation is 2. The molecule has 1 aromatic heterocycles. The number of carbonyl (C=O) groups excluding carboxylic acids is 1. The van der Waals surface area contributed by atoms with Gasteiger partial charge in [0.2, 0.25) is 5.91 Å². The Morgan fingerprint density at radius 1 is 1.41 bits per heavy atom. The fourth-order valence-corrected chi connectivity index (χ4v) is 4.28. The van der Waals surface area contributed by atoms with E-state index in [1.165, 1.54) is 21.6 Å². The summed E-state index contributed by atoms with van der Waals surface area (Å²) in [5.41, 5.74) is 6.21. The molecular weight excluding hydrogens is 294 g/mol. The smallest absolute Gasteiger partial charge is 0.221 e. The zero-order chi connectivity index (χ0) is 15.9. The number of allylic oxidation sites excluding steroid dienone is 2. The molecule has 0 bridgehead atoms. The second-order valence-electron chi connectivity index (χ2n) is 6.07. The van der Waals surface area contributed by atoms with Crippen molar-refractivity contribution in [3.05, 3.63) is 32.4 Å². The fraction of sp³-hybridized carbons (Fsp3) is 0.529. The Morgan fingerprint density at radius 3 is 2.77 bits per heavy atom. The number of rotatable bonds is 3. The summed E-state index contributed by atoms with van der Waals surface area (Å²) in [4.78, 5) is 20.0. The standard InChI is InChI=1S/C17H23N3OS/c1-5-20-7-6-14-13(9-20)8-15(19-12(4)21)16(14)17-18-10(2)11(3)22-17/h5-9H2,1-4H3,(H,19,21). The molecule has 1 aliphatic heterocycles. The van der Waals surface area contributed by atoms with Crippen molar-refractivity contribution >= 4 is 22.8 Å². The van der Waals surface area contributed by atoms with Gasteiger partial charge < -0.3 is 5.32 Å². The maximum absolute atomic E-state index is 11.6. The quantitative estimate of drug-likeness (QED) is 0.932.